The number of aliphatic imine (C=N–C) groups is 1. The van der Waals surface area contributed by atoms with E-state index in [0.29, 0.717) is 17.8 Å². The van der Waals surface area contributed by atoms with Crippen molar-refractivity contribution in [3.8, 4) is 0 Å². The van der Waals surface area contributed by atoms with E-state index in [9.17, 15) is 31.1 Å². The summed E-state index contributed by atoms with van der Waals surface area (Å²) in [4.78, 5) is 18.6. The Morgan fingerprint density at radius 3 is 2.20 bits per heavy atom. The molecule has 11 heteroatoms. The maximum absolute atomic E-state index is 13.3. The fourth-order valence-corrected chi connectivity index (χ4v) is 3.84. The molecular weight excluding hydrogens is 476 g/mol. The first-order chi connectivity index (χ1) is 16.4. The molecule has 0 saturated carbocycles. The fraction of sp³-hybridized carbons (Fsp3) is 0.333. The highest BCUT2D eigenvalue weighted by Gasteiger charge is 2.37. The van der Waals surface area contributed by atoms with Gasteiger partial charge in [-0.25, -0.2) is 9.79 Å². The lowest BCUT2D eigenvalue weighted by molar-refractivity contribution is -0.138. The number of esters is 1. The number of carbonyl (C=O) groups excluding carboxylic acids is 1. The molecule has 0 fully saturated rings. The van der Waals surface area contributed by atoms with Crippen molar-refractivity contribution in [1.29, 1.82) is 0 Å². The Balaban J connectivity index is 2.05. The van der Waals surface area contributed by atoms with Crippen molar-refractivity contribution in [2.75, 3.05) is 13.7 Å². The summed E-state index contributed by atoms with van der Waals surface area (Å²) in [7, 11) is 1.17. The summed E-state index contributed by atoms with van der Waals surface area (Å²) in [6, 6.07) is 8.20. The van der Waals surface area contributed by atoms with E-state index < -0.39 is 35.5 Å². The third-order valence-electron chi connectivity index (χ3n) is 5.55. The molecule has 3 rings (SSSR count). The van der Waals surface area contributed by atoms with Crippen LogP contribution in [-0.4, -0.2) is 30.5 Å². The molecule has 5 nitrogen and oxygen atoms in total. The van der Waals surface area contributed by atoms with Gasteiger partial charge in [-0.1, -0.05) is 24.3 Å². The van der Waals surface area contributed by atoms with E-state index in [1.54, 1.807) is 18.7 Å². The number of halogens is 6. The van der Waals surface area contributed by atoms with Crippen LogP contribution in [0.25, 0.3) is 0 Å². The molecule has 1 aliphatic heterocycles. The van der Waals surface area contributed by atoms with Crippen molar-refractivity contribution >= 4 is 11.9 Å². The SMILES string of the molecule is CCN1C(=NCc2cccc(C(F)(F)F)c2)NC(c2cccc(C(F)(F)F)c2)C(C(=O)OC)=C1C. The Kier molecular flexibility index (Phi) is 7.47. The number of rotatable bonds is 5. The largest absolute Gasteiger partial charge is 0.466 e. The van der Waals surface area contributed by atoms with Crippen LogP contribution in [0.15, 0.2) is 64.8 Å². The van der Waals surface area contributed by atoms with Crippen molar-refractivity contribution < 1.29 is 35.9 Å². The highest BCUT2D eigenvalue weighted by molar-refractivity contribution is 5.96. The Labute approximate surface area is 198 Å². The number of benzene rings is 2. The second-order valence-electron chi connectivity index (χ2n) is 7.77. The molecule has 0 aromatic heterocycles. The molecule has 0 bridgehead atoms. The minimum Gasteiger partial charge on any atom is -0.466 e. The van der Waals surface area contributed by atoms with E-state index in [0.717, 1.165) is 24.3 Å². The summed E-state index contributed by atoms with van der Waals surface area (Å²) in [6.45, 7) is 3.58. The summed E-state index contributed by atoms with van der Waals surface area (Å²) < 4.78 is 84.0. The highest BCUT2D eigenvalue weighted by atomic mass is 19.4. The standard InChI is InChI=1S/C24H23F6N3O2/c1-4-33-14(2)19(21(34)35-3)20(16-8-6-10-18(12-16)24(28,29)30)32-22(33)31-13-15-7-5-9-17(11-15)23(25,26)27/h5-12,20H,4,13H2,1-3H3,(H,31,32). The monoisotopic (exact) mass is 499 g/mol. The quantitative estimate of drug-likeness (QED) is 0.424. The summed E-state index contributed by atoms with van der Waals surface area (Å²) in [6.07, 6.45) is -9.10. The predicted molar refractivity (Wildman–Crippen MR) is 117 cm³/mol. The maximum Gasteiger partial charge on any atom is 0.416 e. The van der Waals surface area contributed by atoms with Gasteiger partial charge in [0.2, 0.25) is 0 Å². The molecule has 188 valence electrons. The van der Waals surface area contributed by atoms with Crippen LogP contribution in [0.1, 0.15) is 42.1 Å². The first-order valence-corrected chi connectivity index (χ1v) is 10.6. The third-order valence-corrected chi connectivity index (χ3v) is 5.55. The van der Waals surface area contributed by atoms with E-state index >= 15 is 0 Å². The number of ether oxygens (including phenoxy) is 1. The molecule has 0 radical (unpaired) electrons. The summed E-state index contributed by atoms with van der Waals surface area (Å²) in [5.74, 6) is -0.523. The van der Waals surface area contributed by atoms with Gasteiger partial charge in [-0.15, -0.1) is 0 Å². The van der Waals surface area contributed by atoms with Gasteiger partial charge in [0.05, 0.1) is 36.4 Å². The third kappa shape index (κ3) is 5.77. The van der Waals surface area contributed by atoms with E-state index in [1.807, 2.05) is 0 Å². The van der Waals surface area contributed by atoms with Crippen LogP contribution in [0.3, 0.4) is 0 Å². The number of hydrogen-bond acceptors (Lipinski definition) is 3. The highest BCUT2D eigenvalue weighted by Crippen LogP contribution is 2.35. The van der Waals surface area contributed by atoms with Crippen molar-refractivity contribution in [2.24, 2.45) is 4.99 Å². The lowest BCUT2D eigenvalue weighted by Crippen LogP contribution is -2.49. The van der Waals surface area contributed by atoms with Gasteiger partial charge in [0.15, 0.2) is 5.96 Å². The minimum atomic E-state index is -4.59. The van der Waals surface area contributed by atoms with Gasteiger partial charge in [0.1, 0.15) is 0 Å². The maximum atomic E-state index is 13.3. The zero-order valence-electron chi connectivity index (χ0n) is 19.1. The van der Waals surface area contributed by atoms with Crippen molar-refractivity contribution in [1.82, 2.24) is 10.2 Å². The summed E-state index contributed by atoms with van der Waals surface area (Å²) >= 11 is 0. The van der Waals surface area contributed by atoms with Gasteiger partial charge in [-0.05, 0) is 49.2 Å². The van der Waals surface area contributed by atoms with Gasteiger partial charge < -0.3 is 15.0 Å². The fourth-order valence-electron chi connectivity index (χ4n) is 3.84. The summed E-state index contributed by atoms with van der Waals surface area (Å²) in [5, 5.41) is 2.99. The number of methoxy groups -OCH3 is 1. The van der Waals surface area contributed by atoms with Crippen LogP contribution in [-0.2, 0) is 28.4 Å². The van der Waals surface area contributed by atoms with Crippen LogP contribution in [0.4, 0.5) is 26.3 Å². The molecule has 0 saturated heterocycles. The van der Waals surface area contributed by atoms with Gasteiger partial charge in [-0.2, -0.15) is 26.3 Å². The number of carbonyl (C=O) groups is 1. The number of allylic oxidation sites excluding steroid dienone is 1. The van der Waals surface area contributed by atoms with Crippen LogP contribution in [0, 0.1) is 0 Å². The molecule has 1 atom stereocenters. The smallest absolute Gasteiger partial charge is 0.416 e. The number of alkyl halides is 6. The van der Waals surface area contributed by atoms with Crippen LogP contribution in [0.2, 0.25) is 0 Å². The molecular formula is C24H23F6N3O2. The molecule has 1 unspecified atom stereocenters. The first-order valence-electron chi connectivity index (χ1n) is 10.6. The molecule has 35 heavy (non-hydrogen) atoms. The number of guanidine groups is 1. The van der Waals surface area contributed by atoms with Gasteiger partial charge in [-0.3, -0.25) is 0 Å². The number of nitrogens with one attached hydrogen (secondary N) is 1. The molecule has 2 aromatic rings. The number of hydrogen-bond donors (Lipinski definition) is 1. The zero-order chi connectivity index (χ0) is 26.0. The Bertz CT molecular complexity index is 1150. The van der Waals surface area contributed by atoms with Crippen LogP contribution >= 0.6 is 0 Å². The van der Waals surface area contributed by atoms with E-state index in [2.05, 4.69) is 10.3 Å². The molecule has 0 aliphatic carbocycles. The van der Waals surface area contributed by atoms with Crippen LogP contribution in [0.5, 0.6) is 0 Å². The average molecular weight is 499 g/mol. The van der Waals surface area contributed by atoms with E-state index in [1.165, 1.54) is 31.4 Å². The zero-order valence-corrected chi connectivity index (χ0v) is 19.1. The lowest BCUT2D eigenvalue weighted by atomic mass is 9.93. The molecule has 2 aromatic carbocycles. The molecule has 0 amide bonds. The predicted octanol–water partition coefficient (Wildman–Crippen LogP) is 5.69. The van der Waals surface area contributed by atoms with E-state index in [-0.39, 0.29) is 23.6 Å². The Morgan fingerprint density at radius 2 is 1.63 bits per heavy atom. The van der Waals surface area contributed by atoms with Crippen LogP contribution < -0.4 is 5.32 Å². The van der Waals surface area contributed by atoms with Gasteiger partial charge in [0.25, 0.3) is 0 Å². The molecule has 1 heterocycles. The Hall–Kier alpha value is -3.50. The van der Waals surface area contributed by atoms with Gasteiger partial charge >= 0.3 is 18.3 Å². The normalized spacial score (nSPS) is 18.0. The topological polar surface area (TPSA) is 53.9 Å². The lowest BCUT2D eigenvalue weighted by Gasteiger charge is -2.37. The summed E-state index contributed by atoms with van der Waals surface area (Å²) in [5.41, 5.74) is -0.748. The minimum absolute atomic E-state index is 0.103. The van der Waals surface area contributed by atoms with Crippen molar-refractivity contribution in [3.63, 3.8) is 0 Å². The average Bonchev–Trinajstić information content (AvgIpc) is 2.81. The Morgan fingerprint density at radius 1 is 1.03 bits per heavy atom. The van der Waals surface area contributed by atoms with Gasteiger partial charge in [0, 0.05) is 12.2 Å². The number of nitrogens with zero attached hydrogens (tertiary/aromatic N) is 2. The molecule has 1 aliphatic rings. The molecule has 0 spiro atoms. The van der Waals surface area contributed by atoms with Crippen molar-refractivity contribution in [3.05, 3.63) is 82.1 Å². The molecule has 1 N–H and O–H groups in total. The second-order valence-corrected chi connectivity index (χ2v) is 7.77. The van der Waals surface area contributed by atoms with Crippen molar-refractivity contribution in [2.45, 2.75) is 38.8 Å². The first kappa shape index (κ1) is 26.1. The van der Waals surface area contributed by atoms with E-state index in [4.69, 9.17) is 4.74 Å². The second kappa shape index (κ2) is 10.0.